The van der Waals surface area contributed by atoms with E-state index in [1.165, 1.54) is 11.1 Å². The monoisotopic (exact) mass is 354 g/mol. The summed E-state index contributed by atoms with van der Waals surface area (Å²) >= 11 is 0. The molecule has 0 heterocycles. The van der Waals surface area contributed by atoms with Crippen molar-refractivity contribution in [2.75, 3.05) is 0 Å². The number of rotatable bonds is 0. The van der Waals surface area contributed by atoms with Crippen molar-refractivity contribution in [1.82, 2.24) is 0 Å². The highest BCUT2D eigenvalue weighted by atomic mass is 127. The standard InChI is InChI=1S/C14H22.ClH.HI/c1-13(2,3)11-9-7-8-10-12(11)14(4,5)6;;/h7-10H,1-6H3;2*1H. The first-order valence-electron chi connectivity index (χ1n) is 5.33. The van der Waals surface area contributed by atoms with E-state index >= 15 is 0 Å². The van der Waals surface area contributed by atoms with Crippen LogP contribution in [0.4, 0.5) is 0 Å². The highest BCUT2D eigenvalue weighted by molar-refractivity contribution is 14.0. The molecule has 0 aromatic heterocycles. The summed E-state index contributed by atoms with van der Waals surface area (Å²) in [6, 6.07) is 8.77. The summed E-state index contributed by atoms with van der Waals surface area (Å²) in [5, 5.41) is 0. The molecule has 0 atom stereocenters. The first-order valence-corrected chi connectivity index (χ1v) is 5.33. The molecule has 0 radical (unpaired) electrons. The maximum absolute atomic E-state index is 2.28. The second kappa shape index (κ2) is 6.25. The Hall–Kier alpha value is 0.240. The fourth-order valence-corrected chi connectivity index (χ4v) is 1.79. The molecule has 1 aromatic rings. The van der Waals surface area contributed by atoms with Crippen molar-refractivity contribution in [2.24, 2.45) is 0 Å². The van der Waals surface area contributed by atoms with Crippen LogP contribution in [0.2, 0.25) is 0 Å². The predicted molar refractivity (Wildman–Crippen MR) is 86.5 cm³/mol. The van der Waals surface area contributed by atoms with Crippen molar-refractivity contribution in [2.45, 2.75) is 52.4 Å². The minimum absolute atomic E-state index is 0. The van der Waals surface area contributed by atoms with E-state index in [0.29, 0.717) is 0 Å². The number of halogens is 2. The van der Waals surface area contributed by atoms with Crippen LogP contribution in [0.3, 0.4) is 0 Å². The van der Waals surface area contributed by atoms with E-state index < -0.39 is 0 Å². The fraction of sp³-hybridized carbons (Fsp3) is 0.571. The van der Waals surface area contributed by atoms with Gasteiger partial charge in [0.1, 0.15) is 0 Å². The van der Waals surface area contributed by atoms with Gasteiger partial charge >= 0.3 is 0 Å². The molecule has 0 spiro atoms. The lowest BCUT2D eigenvalue weighted by molar-refractivity contribution is 0.530. The van der Waals surface area contributed by atoms with Gasteiger partial charge in [-0.15, -0.1) is 36.4 Å². The van der Waals surface area contributed by atoms with Gasteiger partial charge in [-0.05, 0) is 22.0 Å². The Morgan fingerprint density at radius 2 is 0.938 bits per heavy atom. The third-order valence-electron chi connectivity index (χ3n) is 2.54. The largest absolute Gasteiger partial charge is 0.147 e. The summed E-state index contributed by atoms with van der Waals surface area (Å²) in [5.41, 5.74) is 3.41. The summed E-state index contributed by atoms with van der Waals surface area (Å²) in [4.78, 5) is 0. The summed E-state index contributed by atoms with van der Waals surface area (Å²) in [5.74, 6) is 0. The Labute approximate surface area is 124 Å². The molecule has 0 fully saturated rings. The zero-order chi connectivity index (χ0) is 11.0. The molecule has 0 nitrogen and oxygen atoms in total. The van der Waals surface area contributed by atoms with E-state index in [1.54, 1.807) is 0 Å². The van der Waals surface area contributed by atoms with Crippen LogP contribution in [-0.4, -0.2) is 0 Å². The lowest BCUT2D eigenvalue weighted by atomic mass is 9.75. The van der Waals surface area contributed by atoms with Gasteiger partial charge in [-0.2, -0.15) is 0 Å². The van der Waals surface area contributed by atoms with E-state index in [1.807, 2.05) is 0 Å². The van der Waals surface area contributed by atoms with E-state index in [4.69, 9.17) is 0 Å². The topological polar surface area (TPSA) is 0 Å². The molecule has 0 aliphatic heterocycles. The van der Waals surface area contributed by atoms with Gasteiger partial charge in [-0.3, -0.25) is 0 Å². The summed E-state index contributed by atoms with van der Waals surface area (Å²) in [6.07, 6.45) is 0. The maximum Gasteiger partial charge on any atom is -0.0129 e. The second-order valence-electron chi connectivity index (χ2n) is 6.05. The van der Waals surface area contributed by atoms with Crippen molar-refractivity contribution < 1.29 is 0 Å². The smallest absolute Gasteiger partial charge is 0.0129 e. The van der Waals surface area contributed by atoms with Gasteiger partial charge < -0.3 is 0 Å². The van der Waals surface area contributed by atoms with Crippen LogP contribution in [0.5, 0.6) is 0 Å². The van der Waals surface area contributed by atoms with Gasteiger partial charge in [0.2, 0.25) is 0 Å². The molecule has 0 N–H and O–H groups in total. The quantitative estimate of drug-likeness (QED) is 0.553. The molecule has 2 heteroatoms. The molecule has 0 unspecified atom stereocenters. The zero-order valence-corrected chi connectivity index (χ0v) is 14.3. The number of hydrogen-bond acceptors (Lipinski definition) is 0. The van der Waals surface area contributed by atoms with E-state index in [2.05, 4.69) is 65.8 Å². The SMILES string of the molecule is CC(C)(C)c1ccccc1C(C)(C)C.Cl.I. The van der Waals surface area contributed by atoms with Gasteiger partial charge in [-0.1, -0.05) is 65.8 Å². The minimum Gasteiger partial charge on any atom is -0.147 e. The molecule has 0 amide bonds. The lowest BCUT2D eigenvalue weighted by Crippen LogP contribution is -2.21. The Morgan fingerprint density at radius 3 is 1.12 bits per heavy atom. The van der Waals surface area contributed by atoms with Crippen LogP contribution in [0.15, 0.2) is 24.3 Å². The third-order valence-corrected chi connectivity index (χ3v) is 2.54. The molecule has 0 saturated heterocycles. The Balaban J connectivity index is 0. The predicted octanol–water partition coefficient (Wildman–Crippen LogP) is 5.32. The van der Waals surface area contributed by atoms with E-state index in [9.17, 15) is 0 Å². The average molecular weight is 355 g/mol. The van der Waals surface area contributed by atoms with Gasteiger partial charge in [0.05, 0.1) is 0 Å². The summed E-state index contributed by atoms with van der Waals surface area (Å²) in [7, 11) is 0. The van der Waals surface area contributed by atoms with Crippen LogP contribution in [-0.2, 0) is 10.8 Å². The maximum atomic E-state index is 2.28. The lowest BCUT2D eigenvalue weighted by Gasteiger charge is -2.29. The van der Waals surface area contributed by atoms with Crippen molar-refractivity contribution >= 4 is 36.4 Å². The molecule has 0 saturated carbocycles. The first kappa shape index (κ1) is 18.6. The minimum atomic E-state index is 0. The molecule has 16 heavy (non-hydrogen) atoms. The van der Waals surface area contributed by atoms with Crippen molar-refractivity contribution in [3.05, 3.63) is 35.4 Å². The normalized spacial score (nSPS) is 11.4. The molecular weight excluding hydrogens is 331 g/mol. The van der Waals surface area contributed by atoms with E-state index in [0.717, 1.165) is 0 Å². The Bertz CT molecular complexity index is 285. The van der Waals surface area contributed by atoms with Crippen LogP contribution >= 0.6 is 36.4 Å². The molecule has 0 bridgehead atoms. The third kappa shape index (κ3) is 4.62. The van der Waals surface area contributed by atoms with Gasteiger partial charge in [0.25, 0.3) is 0 Å². The van der Waals surface area contributed by atoms with Crippen molar-refractivity contribution in [3.63, 3.8) is 0 Å². The zero-order valence-electron chi connectivity index (χ0n) is 11.1. The van der Waals surface area contributed by atoms with Crippen molar-refractivity contribution in [1.29, 1.82) is 0 Å². The van der Waals surface area contributed by atoms with Gasteiger partial charge in [0, 0.05) is 0 Å². The van der Waals surface area contributed by atoms with Crippen LogP contribution < -0.4 is 0 Å². The molecular formula is C14H24ClI. The Morgan fingerprint density at radius 1 is 0.688 bits per heavy atom. The summed E-state index contributed by atoms with van der Waals surface area (Å²) in [6.45, 7) is 13.7. The molecule has 0 aliphatic rings. The highest BCUT2D eigenvalue weighted by Gasteiger charge is 2.23. The first-order chi connectivity index (χ1) is 6.23. The molecule has 94 valence electrons. The average Bonchev–Trinajstić information content (AvgIpc) is 2.01. The molecule has 0 aliphatic carbocycles. The van der Waals surface area contributed by atoms with Gasteiger partial charge in [-0.25, -0.2) is 0 Å². The number of hydrogen-bond donors (Lipinski definition) is 0. The van der Waals surface area contributed by atoms with Crippen LogP contribution in [0.25, 0.3) is 0 Å². The fourth-order valence-electron chi connectivity index (χ4n) is 1.79. The van der Waals surface area contributed by atoms with E-state index in [-0.39, 0.29) is 47.2 Å². The molecule has 1 rings (SSSR count). The summed E-state index contributed by atoms with van der Waals surface area (Å²) < 4.78 is 0. The van der Waals surface area contributed by atoms with Crippen LogP contribution in [0.1, 0.15) is 52.7 Å². The van der Waals surface area contributed by atoms with Crippen molar-refractivity contribution in [3.8, 4) is 0 Å². The molecule has 1 aromatic carbocycles. The van der Waals surface area contributed by atoms with Gasteiger partial charge in [0.15, 0.2) is 0 Å². The van der Waals surface area contributed by atoms with Crippen LogP contribution in [0, 0.1) is 0 Å². The Kier molecular flexibility index (Phi) is 7.26. The highest BCUT2D eigenvalue weighted by Crippen LogP contribution is 2.33. The second-order valence-corrected chi connectivity index (χ2v) is 6.05. The number of benzene rings is 1.